The summed E-state index contributed by atoms with van der Waals surface area (Å²) in [7, 11) is 0. The Morgan fingerprint density at radius 2 is 1.64 bits per heavy atom. The minimum atomic E-state index is -0.0785. The number of ether oxygens (including phenoxy) is 1. The maximum atomic E-state index is 6.00. The highest BCUT2D eigenvalue weighted by atomic mass is 32.1. The van der Waals surface area contributed by atoms with Crippen molar-refractivity contribution in [2.45, 2.75) is 39.8 Å². The van der Waals surface area contributed by atoms with Crippen LogP contribution in [0.1, 0.15) is 45.9 Å². The predicted octanol–water partition coefficient (Wildman–Crippen LogP) is 6.12. The van der Waals surface area contributed by atoms with Gasteiger partial charge in [-0.3, -0.25) is 4.98 Å². The number of benzene rings is 2. The van der Waals surface area contributed by atoms with Crippen molar-refractivity contribution in [2.75, 3.05) is 36.1 Å². The van der Waals surface area contributed by atoms with E-state index in [2.05, 4.69) is 102 Å². The number of nitrogens with one attached hydrogen (secondary N) is 1. The van der Waals surface area contributed by atoms with Crippen LogP contribution in [0.3, 0.4) is 0 Å². The number of hydrogen-bond donors (Lipinski definition) is 1. The Hall–Kier alpha value is -3.68. The van der Waals surface area contributed by atoms with Gasteiger partial charge < -0.3 is 24.4 Å². The largest absolute Gasteiger partial charge is 0.378 e. The lowest BCUT2D eigenvalue weighted by Crippen LogP contribution is -2.36. The van der Waals surface area contributed by atoms with Crippen molar-refractivity contribution in [3.05, 3.63) is 107 Å². The third-order valence-electron chi connectivity index (χ3n) is 8.00. The van der Waals surface area contributed by atoms with Gasteiger partial charge in [0.05, 0.1) is 31.0 Å². The number of pyridine rings is 1. The minimum absolute atomic E-state index is 0.0494. The molecule has 0 bridgehead atoms. The SMILES string of the molecule is Cc1ccc(C)c(-n2c(C)cc([C@@H]3[C@H](c4ccccn4)NC(=S)N3c3ccc(N4CCOCC4)cc3)c2C)c1. The highest BCUT2D eigenvalue weighted by Gasteiger charge is 2.42. The number of anilines is 2. The average molecular weight is 538 g/mol. The maximum absolute atomic E-state index is 6.00. The first kappa shape index (κ1) is 25.6. The molecular weight excluding hydrogens is 502 g/mol. The van der Waals surface area contributed by atoms with E-state index in [4.69, 9.17) is 21.9 Å². The second-order valence-corrected chi connectivity index (χ2v) is 11.0. The van der Waals surface area contributed by atoms with Crippen LogP contribution in [0, 0.1) is 27.7 Å². The van der Waals surface area contributed by atoms with Gasteiger partial charge in [-0.2, -0.15) is 0 Å². The summed E-state index contributed by atoms with van der Waals surface area (Å²) in [4.78, 5) is 9.39. The minimum Gasteiger partial charge on any atom is -0.378 e. The first-order chi connectivity index (χ1) is 18.9. The van der Waals surface area contributed by atoms with E-state index in [-0.39, 0.29) is 12.1 Å². The summed E-state index contributed by atoms with van der Waals surface area (Å²) >= 11 is 6.00. The summed E-state index contributed by atoms with van der Waals surface area (Å²) in [5.74, 6) is 0. The first-order valence-electron chi connectivity index (χ1n) is 13.6. The number of morpholine rings is 1. The van der Waals surface area contributed by atoms with Crippen LogP contribution in [-0.2, 0) is 4.74 Å². The highest BCUT2D eigenvalue weighted by molar-refractivity contribution is 7.80. The number of nitrogens with zero attached hydrogens (tertiary/aromatic N) is 4. The van der Waals surface area contributed by atoms with Crippen molar-refractivity contribution in [1.82, 2.24) is 14.9 Å². The molecule has 0 radical (unpaired) electrons. The Bertz CT molecular complexity index is 1490. The summed E-state index contributed by atoms with van der Waals surface area (Å²) in [5.41, 5.74) is 10.7. The summed E-state index contributed by atoms with van der Waals surface area (Å²) in [6, 6.07) is 23.7. The molecule has 2 aliphatic heterocycles. The molecule has 2 atom stereocenters. The van der Waals surface area contributed by atoms with Gasteiger partial charge in [-0.15, -0.1) is 0 Å². The van der Waals surface area contributed by atoms with E-state index in [9.17, 15) is 0 Å². The van der Waals surface area contributed by atoms with Gasteiger partial charge in [0.1, 0.15) is 0 Å². The number of thiocarbonyl (C=S) groups is 1. The van der Waals surface area contributed by atoms with Gasteiger partial charge in [0.2, 0.25) is 0 Å². The Morgan fingerprint density at radius 1 is 0.897 bits per heavy atom. The molecule has 6 nitrogen and oxygen atoms in total. The zero-order chi connectivity index (χ0) is 27.1. The molecule has 6 rings (SSSR count). The van der Waals surface area contributed by atoms with Crippen LogP contribution in [-0.4, -0.2) is 41.0 Å². The van der Waals surface area contributed by atoms with Crippen LogP contribution in [0.2, 0.25) is 0 Å². The van der Waals surface area contributed by atoms with E-state index in [0.29, 0.717) is 5.11 Å². The van der Waals surface area contributed by atoms with Crippen LogP contribution in [0.4, 0.5) is 11.4 Å². The summed E-state index contributed by atoms with van der Waals surface area (Å²) < 4.78 is 7.93. The topological polar surface area (TPSA) is 45.6 Å². The van der Waals surface area contributed by atoms with Crippen molar-refractivity contribution in [3.8, 4) is 5.69 Å². The average Bonchev–Trinajstić information content (AvgIpc) is 3.45. The highest BCUT2D eigenvalue weighted by Crippen LogP contribution is 2.44. The second-order valence-electron chi connectivity index (χ2n) is 10.6. The van der Waals surface area contributed by atoms with E-state index < -0.39 is 0 Å². The Morgan fingerprint density at radius 3 is 2.36 bits per heavy atom. The van der Waals surface area contributed by atoms with Crippen LogP contribution in [0.25, 0.3) is 5.69 Å². The van der Waals surface area contributed by atoms with E-state index in [0.717, 1.165) is 37.7 Å². The molecule has 0 saturated carbocycles. The molecule has 2 aromatic carbocycles. The fourth-order valence-electron chi connectivity index (χ4n) is 6.01. The van der Waals surface area contributed by atoms with Gasteiger partial charge in [-0.05, 0) is 105 Å². The van der Waals surface area contributed by atoms with Crippen LogP contribution in [0.5, 0.6) is 0 Å². The summed E-state index contributed by atoms with van der Waals surface area (Å²) in [5, 5.41) is 4.33. The molecule has 7 heteroatoms. The van der Waals surface area contributed by atoms with Gasteiger partial charge in [-0.25, -0.2) is 0 Å². The Balaban J connectivity index is 1.45. The van der Waals surface area contributed by atoms with Gasteiger partial charge >= 0.3 is 0 Å². The maximum Gasteiger partial charge on any atom is 0.174 e. The molecular formula is C32H35N5OS. The molecule has 0 spiro atoms. The fourth-order valence-corrected chi connectivity index (χ4v) is 6.36. The Labute approximate surface area is 236 Å². The molecule has 2 aliphatic rings. The molecule has 2 saturated heterocycles. The molecule has 39 heavy (non-hydrogen) atoms. The lowest BCUT2D eigenvalue weighted by molar-refractivity contribution is 0.122. The third-order valence-corrected chi connectivity index (χ3v) is 8.31. The van der Waals surface area contributed by atoms with Crippen LogP contribution >= 0.6 is 12.2 Å². The van der Waals surface area contributed by atoms with Gasteiger partial charge in [0.15, 0.2) is 5.11 Å². The zero-order valence-electron chi connectivity index (χ0n) is 23.0. The van der Waals surface area contributed by atoms with Crippen molar-refractivity contribution >= 4 is 28.7 Å². The molecule has 2 fully saturated rings. The second kappa shape index (κ2) is 10.5. The third kappa shape index (κ3) is 4.70. The smallest absolute Gasteiger partial charge is 0.174 e. The van der Waals surface area contributed by atoms with Crippen molar-refractivity contribution < 1.29 is 4.74 Å². The van der Waals surface area contributed by atoms with Crippen molar-refractivity contribution in [1.29, 1.82) is 0 Å². The quantitative estimate of drug-likeness (QED) is 0.310. The van der Waals surface area contributed by atoms with Gasteiger partial charge in [0, 0.05) is 47.7 Å². The van der Waals surface area contributed by atoms with E-state index in [1.807, 2.05) is 18.3 Å². The standard InChI is InChI=1S/C32H35N5OS/c1-21-8-9-22(2)29(19-21)36-23(3)20-27(24(36)4)31-30(28-7-5-6-14-33-28)34-32(39)37(31)26-12-10-25(11-13-26)35-15-17-38-18-16-35/h5-14,19-20,30-31H,15-18H2,1-4H3,(H,34,39)/t30-,31+/m0/s1. The molecule has 4 aromatic rings. The number of aromatic nitrogens is 2. The van der Waals surface area contributed by atoms with Gasteiger partial charge in [0.25, 0.3) is 0 Å². The molecule has 0 aliphatic carbocycles. The molecule has 0 unspecified atom stereocenters. The van der Waals surface area contributed by atoms with E-state index >= 15 is 0 Å². The number of hydrogen-bond acceptors (Lipinski definition) is 4. The summed E-state index contributed by atoms with van der Waals surface area (Å²) in [6.07, 6.45) is 1.86. The Kier molecular flexibility index (Phi) is 6.87. The normalized spacial score (nSPS) is 19.4. The van der Waals surface area contributed by atoms with Crippen molar-refractivity contribution in [3.63, 3.8) is 0 Å². The number of aryl methyl sites for hydroxylation is 3. The molecule has 1 N–H and O–H groups in total. The van der Waals surface area contributed by atoms with Crippen molar-refractivity contribution in [2.24, 2.45) is 0 Å². The van der Waals surface area contributed by atoms with Gasteiger partial charge in [-0.1, -0.05) is 18.2 Å². The fraction of sp³-hybridized carbons (Fsp3) is 0.312. The van der Waals surface area contributed by atoms with E-state index in [1.165, 1.54) is 39.5 Å². The molecule has 200 valence electrons. The van der Waals surface area contributed by atoms with E-state index in [1.54, 1.807) is 0 Å². The zero-order valence-corrected chi connectivity index (χ0v) is 23.8. The summed E-state index contributed by atoms with van der Waals surface area (Å²) in [6.45, 7) is 12.1. The van der Waals surface area contributed by atoms with Crippen LogP contribution < -0.4 is 15.1 Å². The molecule has 0 amide bonds. The molecule has 2 aromatic heterocycles. The molecule has 4 heterocycles. The lowest BCUT2D eigenvalue weighted by Gasteiger charge is -2.31. The van der Waals surface area contributed by atoms with Crippen LogP contribution in [0.15, 0.2) is 72.9 Å². The predicted molar refractivity (Wildman–Crippen MR) is 162 cm³/mol. The monoisotopic (exact) mass is 537 g/mol. The lowest BCUT2D eigenvalue weighted by atomic mass is 9.96. The number of rotatable bonds is 5. The first-order valence-corrected chi connectivity index (χ1v) is 14.0.